The van der Waals surface area contributed by atoms with Crippen LogP contribution in [0.3, 0.4) is 0 Å². The second-order valence-corrected chi connectivity index (χ2v) is 5.76. The van der Waals surface area contributed by atoms with E-state index in [-0.39, 0.29) is 30.8 Å². The van der Waals surface area contributed by atoms with Gasteiger partial charge in [-0.3, -0.25) is 0 Å². The molecule has 0 atom stereocenters. The Morgan fingerprint density at radius 3 is 1.40 bits per heavy atom. The van der Waals surface area contributed by atoms with Crippen molar-refractivity contribution in [3.05, 3.63) is 48.6 Å². The maximum absolute atomic E-state index is 11.9. The zero-order chi connectivity index (χ0) is 19.4. The van der Waals surface area contributed by atoms with E-state index in [2.05, 4.69) is 26.3 Å². The molecule has 0 rings (SSSR count). The second-order valence-electron chi connectivity index (χ2n) is 5.76. The van der Waals surface area contributed by atoms with Gasteiger partial charge in [-0.25, -0.2) is 9.59 Å². The largest absolute Gasteiger partial charge is 0.422 e. The molecule has 0 heterocycles. The van der Waals surface area contributed by atoms with Gasteiger partial charge in [0.15, 0.2) is 0 Å². The highest BCUT2D eigenvalue weighted by Crippen LogP contribution is 2.09. The van der Waals surface area contributed by atoms with Crippen LogP contribution in [0.1, 0.15) is 27.2 Å². The Morgan fingerprint density at radius 1 is 0.760 bits per heavy atom. The van der Waals surface area contributed by atoms with Crippen molar-refractivity contribution in [3.8, 4) is 0 Å². The molecule has 0 aliphatic heterocycles. The van der Waals surface area contributed by atoms with Gasteiger partial charge >= 0.3 is 11.9 Å². The highest BCUT2D eigenvalue weighted by atomic mass is 16.7. The van der Waals surface area contributed by atoms with Gasteiger partial charge in [0.2, 0.25) is 6.29 Å². The van der Waals surface area contributed by atoms with Gasteiger partial charge in [0.25, 0.3) is 0 Å². The summed E-state index contributed by atoms with van der Waals surface area (Å²) >= 11 is 0. The lowest BCUT2D eigenvalue weighted by atomic mass is 10.3. The first kappa shape index (κ1) is 22.8. The van der Waals surface area contributed by atoms with E-state index in [0.29, 0.717) is 13.2 Å². The third kappa shape index (κ3) is 11.1. The standard InChI is InChI=1S/C19H28O6/c1-8-17(24-18(20)15(6)11-22-9-13(2)3)25-19(21)16(7)12-23-10-14(4)5/h17H,2,4,6-12H2,1,3,5H3. The predicted molar refractivity (Wildman–Crippen MR) is 95.8 cm³/mol. The lowest BCUT2D eigenvalue weighted by molar-refractivity contribution is -0.183. The van der Waals surface area contributed by atoms with E-state index in [0.717, 1.165) is 11.1 Å². The molecule has 0 aromatic rings. The SMILES string of the molecule is C=C(C)COCC(=C)C(=O)OC(CC)OC(=O)C(=C)COCC(=C)C. The Hall–Kier alpha value is -2.18. The van der Waals surface area contributed by atoms with Crippen LogP contribution in [-0.2, 0) is 28.5 Å². The van der Waals surface area contributed by atoms with E-state index in [4.69, 9.17) is 18.9 Å². The number of hydrogen-bond acceptors (Lipinski definition) is 6. The normalized spacial score (nSPS) is 10.2. The van der Waals surface area contributed by atoms with Crippen LogP contribution < -0.4 is 0 Å². The Kier molecular flexibility index (Phi) is 11.2. The van der Waals surface area contributed by atoms with Crippen molar-refractivity contribution in [2.45, 2.75) is 33.5 Å². The lowest BCUT2D eigenvalue weighted by Gasteiger charge is -2.18. The van der Waals surface area contributed by atoms with Gasteiger partial charge in [-0.1, -0.05) is 44.4 Å². The highest BCUT2D eigenvalue weighted by Gasteiger charge is 2.20. The smallest absolute Gasteiger partial charge is 0.338 e. The summed E-state index contributed by atoms with van der Waals surface area (Å²) in [6.45, 7) is 20.6. The molecule has 140 valence electrons. The van der Waals surface area contributed by atoms with Gasteiger partial charge < -0.3 is 18.9 Å². The summed E-state index contributed by atoms with van der Waals surface area (Å²) < 4.78 is 20.7. The van der Waals surface area contributed by atoms with E-state index >= 15 is 0 Å². The molecule has 0 radical (unpaired) electrons. The summed E-state index contributed by atoms with van der Waals surface area (Å²) in [5, 5.41) is 0. The van der Waals surface area contributed by atoms with E-state index in [1.54, 1.807) is 20.8 Å². The molecule has 0 fully saturated rings. The van der Waals surface area contributed by atoms with E-state index in [1.807, 2.05) is 0 Å². The molecule has 0 unspecified atom stereocenters. The molecule has 0 aromatic carbocycles. The van der Waals surface area contributed by atoms with Crippen molar-refractivity contribution in [3.63, 3.8) is 0 Å². The van der Waals surface area contributed by atoms with Gasteiger partial charge in [-0.15, -0.1) is 0 Å². The Labute approximate surface area is 149 Å². The summed E-state index contributed by atoms with van der Waals surface area (Å²) in [7, 11) is 0. The third-order valence-electron chi connectivity index (χ3n) is 2.64. The van der Waals surface area contributed by atoms with Crippen LogP contribution in [0.15, 0.2) is 48.6 Å². The Bertz CT molecular complexity index is 486. The van der Waals surface area contributed by atoms with Crippen LogP contribution in [0, 0.1) is 0 Å². The average molecular weight is 352 g/mol. The topological polar surface area (TPSA) is 71.1 Å². The molecule has 0 aliphatic rings. The number of hydrogen-bond donors (Lipinski definition) is 0. The molecule has 0 amide bonds. The summed E-state index contributed by atoms with van der Waals surface area (Å²) in [4.78, 5) is 23.8. The quantitative estimate of drug-likeness (QED) is 0.219. The first-order valence-electron chi connectivity index (χ1n) is 7.89. The van der Waals surface area contributed by atoms with Crippen LogP contribution in [0.25, 0.3) is 0 Å². The van der Waals surface area contributed by atoms with E-state index < -0.39 is 18.2 Å². The number of rotatable bonds is 13. The van der Waals surface area contributed by atoms with Crippen molar-refractivity contribution < 1.29 is 28.5 Å². The molecule has 0 N–H and O–H groups in total. The predicted octanol–water partition coefficient (Wildman–Crippen LogP) is 3.11. The summed E-state index contributed by atoms with van der Waals surface area (Å²) in [5.74, 6) is -1.38. The molecule has 0 spiro atoms. The zero-order valence-electron chi connectivity index (χ0n) is 15.4. The molecular formula is C19H28O6. The Morgan fingerprint density at radius 2 is 1.12 bits per heavy atom. The first-order valence-corrected chi connectivity index (χ1v) is 7.89. The van der Waals surface area contributed by atoms with Gasteiger partial charge in [-0.05, 0) is 13.8 Å². The molecular weight excluding hydrogens is 324 g/mol. The summed E-state index contributed by atoms with van der Waals surface area (Å²) in [5.41, 5.74) is 1.90. The maximum Gasteiger partial charge on any atom is 0.338 e. The minimum absolute atomic E-state index is 0.0114. The second kappa shape index (κ2) is 12.2. The van der Waals surface area contributed by atoms with Crippen LogP contribution in [0.5, 0.6) is 0 Å². The zero-order valence-corrected chi connectivity index (χ0v) is 15.4. The van der Waals surface area contributed by atoms with Gasteiger partial charge in [0, 0.05) is 6.42 Å². The van der Waals surface area contributed by atoms with E-state index in [9.17, 15) is 9.59 Å². The minimum atomic E-state index is -1.03. The monoisotopic (exact) mass is 352 g/mol. The van der Waals surface area contributed by atoms with Gasteiger partial charge in [0.05, 0.1) is 37.6 Å². The number of carbonyl (C=O) groups excluding carboxylic acids is 2. The lowest BCUT2D eigenvalue weighted by Crippen LogP contribution is -2.27. The number of carbonyl (C=O) groups is 2. The molecule has 0 aromatic heterocycles. The van der Waals surface area contributed by atoms with Crippen molar-refractivity contribution in [1.29, 1.82) is 0 Å². The molecule has 6 nitrogen and oxygen atoms in total. The summed E-state index contributed by atoms with van der Waals surface area (Å²) in [6.07, 6.45) is -0.743. The van der Waals surface area contributed by atoms with Crippen molar-refractivity contribution in [2.24, 2.45) is 0 Å². The van der Waals surface area contributed by atoms with Crippen LogP contribution in [0.4, 0.5) is 0 Å². The maximum atomic E-state index is 11.9. The molecule has 0 saturated carbocycles. The molecule has 25 heavy (non-hydrogen) atoms. The fourth-order valence-corrected chi connectivity index (χ4v) is 1.41. The average Bonchev–Trinajstić information content (AvgIpc) is 2.52. The third-order valence-corrected chi connectivity index (χ3v) is 2.64. The van der Waals surface area contributed by atoms with Crippen LogP contribution in [0.2, 0.25) is 0 Å². The molecule has 0 saturated heterocycles. The fourth-order valence-electron chi connectivity index (χ4n) is 1.41. The van der Waals surface area contributed by atoms with Crippen molar-refractivity contribution in [1.82, 2.24) is 0 Å². The number of ether oxygens (including phenoxy) is 4. The highest BCUT2D eigenvalue weighted by molar-refractivity contribution is 5.89. The summed E-state index contributed by atoms with van der Waals surface area (Å²) in [6, 6.07) is 0. The van der Waals surface area contributed by atoms with Crippen molar-refractivity contribution >= 4 is 11.9 Å². The molecule has 0 aliphatic carbocycles. The minimum Gasteiger partial charge on any atom is -0.422 e. The molecule has 6 heteroatoms. The fraction of sp³-hybridized carbons (Fsp3) is 0.474. The van der Waals surface area contributed by atoms with Gasteiger partial charge in [0.1, 0.15) is 0 Å². The van der Waals surface area contributed by atoms with Crippen LogP contribution >= 0.6 is 0 Å². The first-order chi connectivity index (χ1) is 11.7. The van der Waals surface area contributed by atoms with Gasteiger partial charge in [-0.2, -0.15) is 0 Å². The molecule has 0 bridgehead atoms. The van der Waals surface area contributed by atoms with Crippen molar-refractivity contribution in [2.75, 3.05) is 26.4 Å². The van der Waals surface area contributed by atoms with Crippen LogP contribution in [-0.4, -0.2) is 44.7 Å². The number of esters is 2. The Balaban J connectivity index is 4.34. The van der Waals surface area contributed by atoms with E-state index in [1.165, 1.54) is 0 Å².